The lowest BCUT2D eigenvalue weighted by Crippen LogP contribution is -2.56. The van der Waals surface area contributed by atoms with E-state index in [2.05, 4.69) is 34.8 Å². The van der Waals surface area contributed by atoms with Gasteiger partial charge in [0.05, 0.1) is 0 Å². The predicted molar refractivity (Wildman–Crippen MR) is 72.2 cm³/mol. The zero-order chi connectivity index (χ0) is 13.0. The molecule has 4 heteroatoms. The molecule has 1 saturated heterocycles. The molecule has 100 valence electrons. The Morgan fingerprint density at radius 2 is 2.28 bits per heavy atom. The van der Waals surface area contributed by atoms with Crippen LogP contribution >= 0.6 is 0 Å². The molecule has 4 nitrogen and oxygen atoms in total. The summed E-state index contributed by atoms with van der Waals surface area (Å²) < 4.78 is 0. The fraction of sp³-hybridized carbons (Fsp3) is 0.643. The van der Waals surface area contributed by atoms with Gasteiger partial charge < -0.3 is 10.0 Å². The highest BCUT2D eigenvalue weighted by Gasteiger charge is 2.29. The Balaban J connectivity index is 2.07. The lowest BCUT2D eigenvalue weighted by atomic mass is 10.0. The van der Waals surface area contributed by atoms with E-state index in [0.717, 1.165) is 26.1 Å². The lowest BCUT2D eigenvalue weighted by Gasteiger charge is -2.44. The molecule has 0 amide bonds. The first-order chi connectivity index (χ1) is 8.70. The van der Waals surface area contributed by atoms with Gasteiger partial charge in [0.1, 0.15) is 0 Å². The van der Waals surface area contributed by atoms with E-state index in [0.29, 0.717) is 12.1 Å². The zero-order valence-electron chi connectivity index (χ0n) is 11.3. The van der Waals surface area contributed by atoms with E-state index in [1.165, 1.54) is 5.56 Å². The summed E-state index contributed by atoms with van der Waals surface area (Å²) in [4.78, 5) is 9.02. The van der Waals surface area contributed by atoms with Crippen LogP contribution in [0.3, 0.4) is 0 Å². The molecule has 1 N–H and O–H groups in total. The molecule has 18 heavy (non-hydrogen) atoms. The third-order valence-electron chi connectivity index (χ3n) is 3.68. The molecular formula is C14H23N3O. The van der Waals surface area contributed by atoms with E-state index in [1.54, 1.807) is 0 Å². The first kappa shape index (κ1) is 13.5. The van der Waals surface area contributed by atoms with Crippen molar-refractivity contribution >= 4 is 0 Å². The summed E-state index contributed by atoms with van der Waals surface area (Å²) in [6.45, 7) is 5.56. The average Bonchev–Trinajstić information content (AvgIpc) is 2.35. The molecule has 2 unspecified atom stereocenters. The molecule has 0 aromatic carbocycles. The lowest BCUT2D eigenvalue weighted by molar-refractivity contribution is 0.0249. The van der Waals surface area contributed by atoms with Crippen LogP contribution in [0, 0.1) is 0 Å². The quantitative estimate of drug-likeness (QED) is 0.863. The molecule has 1 aromatic heterocycles. The molecule has 0 spiro atoms. The maximum Gasteiger partial charge on any atom is 0.0446 e. The highest BCUT2D eigenvalue weighted by molar-refractivity contribution is 5.09. The second-order valence-corrected chi connectivity index (χ2v) is 5.27. The van der Waals surface area contributed by atoms with Gasteiger partial charge in [-0.3, -0.25) is 9.88 Å². The van der Waals surface area contributed by atoms with Gasteiger partial charge in [0.15, 0.2) is 0 Å². The fourth-order valence-electron chi connectivity index (χ4n) is 2.85. The van der Waals surface area contributed by atoms with Gasteiger partial charge in [-0.2, -0.15) is 0 Å². The Kier molecular flexibility index (Phi) is 4.69. The van der Waals surface area contributed by atoms with Gasteiger partial charge in [0.25, 0.3) is 0 Å². The number of likely N-dealkylation sites (N-methyl/N-ethyl adjacent to an activating group) is 1. The largest absolute Gasteiger partial charge is 0.396 e. The van der Waals surface area contributed by atoms with E-state index in [1.807, 2.05) is 18.5 Å². The molecule has 0 radical (unpaired) electrons. The number of aliphatic hydroxyl groups excluding tert-OH is 1. The SMILES string of the molecule is CC1CN(C)CC(CCO)N1Cc1cccnc1. The minimum absolute atomic E-state index is 0.259. The monoisotopic (exact) mass is 249 g/mol. The van der Waals surface area contributed by atoms with E-state index >= 15 is 0 Å². The van der Waals surface area contributed by atoms with Gasteiger partial charge in [-0.25, -0.2) is 0 Å². The van der Waals surface area contributed by atoms with E-state index in [4.69, 9.17) is 0 Å². The van der Waals surface area contributed by atoms with Gasteiger partial charge in [0, 0.05) is 50.7 Å². The second kappa shape index (κ2) is 6.27. The number of nitrogens with zero attached hydrogens (tertiary/aromatic N) is 3. The van der Waals surface area contributed by atoms with Crippen molar-refractivity contribution in [2.45, 2.75) is 32.0 Å². The minimum atomic E-state index is 0.259. The molecule has 0 saturated carbocycles. The third kappa shape index (κ3) is 3.28. The molecule has 2 atom stereocenters. The number of pyridine rings is 1. The number of rotatable bonds is 4. The molecular weight excluding hydrogens is 226 g/mol. The van der Waals surface area contributed by atoms with Crippen LogP contribution in [0.15, 0.2) is 24.5 Å². The molecule has 2 rings (SSSR count). The van der Waals surface area contributed by atoms with E-state index in [-0.39, 0.29) is 6.61 Å². The van der Waals surface area contributed by atoms with Gasteiger partial charge >= 0.3 is 0 Å². The Morgan fingerprint density at radius 1 is 1.44 bits per heavy atom. The van der Waals surface area contributed by atoms with Crippen molar-refractivity contribution in [1.82, 2.24) is 14.8 Å². The highest BCUT2D eigenvalue weighted by atomic mass is 16.3. The van der Waals surface area contributed by atoms with Crippen LogP contribution in [-0.2, 0) is 6.54 Å². The summed E-state index contributed by atoms with van der Waals surface area (Å²) in [5.41, 5.74) is 1.25. The van der Waals surface area contributed by atoms with Gasteiger partial charge in [0.2, 0.25) is 0 Å². The van der Waals surface area contributed by atoms with Crippen LogP contribution in [0.25, 0.3) is 0 Å². The van der Waals surface area contributed by atoms with Crippen LogP contribution in [0.2, 0.25) is 0 Å². The van der Waals surface area contributed by atoms with Crippen molar-refractivity contribution in [3.05, 3.63) is 30.1 Å². The standard InChI is InChI=1S/C14H23N3O/c1-12-9-16(2)11-14(5-7-18)17(12)10-13-4-3-6-15-8-13/h3-4,6,8,12,14,18H,5,7,9-11H2,1-2H3. The fourth-order valence-corrected chi connectivity index (χ4v) is 2.85. The third-order valence-corrected chi connectivity index (χ3v) is 3.68. The summed E-state index contributed by atoms with van der Waals surface area (Å²) in [5.74, 6) is 0. The Bertz CT molecular complexity index is 357. The molecule has 2 heterocycles. The smallest absolute Gasteiger partial charge is 0.0446 e. The average molecular weight is 249 g/mol. The van der Waals surface area contributed by atoms with Gasteiger partial charge in [-0.05, 0) is 32.0 Å². The molecule has 0 aliphatic carbocycles. The van der Waals surface area contributed by atoms with Crippen molar-refractivity contribution in [3.63, 3.8) is 0 Å². The molecule has 0 bridgehead atoms. The van der Waals surface area contributed by atoms with Crippen LogP contribution in [0.1, 0.15) is 18.9 Å². The number of aromatic nitrogens is 1. The molecule has 1 aromatic rings. The van der Waals surface area contributed by atoms with Crippen LogP contribution in [0.5, 0.6) is 0 Å². The molecule has 1 aliphatic rings. The van der Waals surface area contributed by atoms with E-state index < -0.39 is 0 Å². The van der Waals surface area contributed by atoms with Crippen LogP contribution in [-0.4, -0.2) is 58.7 Å². The first-order valence-corrected chi connectivity index (χ1v) is 6.64. The van der Waals surface area contributed by atoms with Crippen molar-refractivity contribution < 1.29 is 5.11 Å². The maximum absolute atomic E-state index is 9.22. The number of hydrogen-bond acceptors (Lipinski definition) is 4. The highest BCUT2D eigenvalue weighted by Crippen LogP contribution is 2.19. The molecule has 1 fully saturated rings. The summed E-state index contributed by atoms with van der Waals surface area (Å²) in [5, 5.41) is 9.22. The number of piperazine rings is 1. The van der Waals surface area contributed by atoms with Crippen LogP contribution in [0.4, 0.5) is 0 Å². The summed E-state index contributed by atoms with van der Waals surface area (Å²) in [6, 6.07) is 5.05. The topological polar surface area (TPSA) is 39.6 Å². The first-order valence-electron chi connectivity index (χ1n) is 6.64. The summed E-state index contributed by atoms with van der Waals surface area (Å²) in [6.07, 6.45) is 4.58. The predicted octanol–water partition coefficient (Wildman–Crippen LogP) is 0.968. The minimum Gasteiger partial charge on any atom is -0.396 e. The van der Waals surface area contributed by atoms with Crippen LogP contribution < -0.4 is 0 Å². The summed E-state index contributed by atoms with van der Waals surface area (Å²) >= 11 is 0. The van der Waals surface area contributed by atoms with Crippen molar-refractivity contribution in [1.29, 1.82) is 0 Å². The van der Waals surface area contributed by atoms with Gasteiger partial charge in [-0.1, -0.05) is 6.07 Å². The Hall–Kier alpha value is -0.970. The van der Waals surface area contributed by atoms with E-state index in [9.17, 15) is 5.11 Å². The van der Waals surface area contributed by atoms with Crippen molar-refractivity contribution in [2.75, 3.05) is 26.7 Å². The van der Waals surface area contributed by atoms with Gasteiger partial charge in [-0.15, -0.1) is 0 Å². The zero-order valence-corrected chi connectivity index (χ0v) is 11.3. The van der Waals surface area contributed by atoms with Crippen molar-refractivity contribution in [3.8, 4) is 0 Å². The summed E-state index contributed by atoms with van der Waals surface area (Å²) in [7, 11) is 2.16. The molecule has 1 aliphatic heterocycles. The number of aliphatic hydroxyl groups is 1. The van der Waals surface area contributed by atoms with Crippen molar-refractivity contribution in [2.24, 2.45) is 0 Å². The Morgan fingerprint density at radius 3 is 2.94 bits per heavy atom. The number of hydrogen-bond donors (Lipinski definition) is 1. The second-order valence-electron chi connectivity index (χ2n) is 5.27. The normalized spacial score (nSPS) is 26.4. The Labute approximate surface area is 109 Å². The maximum atomic E-state index is 9.22.